The fourth-order valence-corrected chi connectivity index (χ4v) is 3.61. The molecule has 1 rings (SSSR count). The van der Waals surface area contributed by atoms with Gasteiger partial charge in [-0.3, -0.25) is 0 Å². The van der Waals surface area contributed by atoms with Crippen LogP contribution in [-0.4, -0.2) is 48.8 Å². The van der Waals surface area contributed by atoms with Gasteiger partial charge in [-0.1, -0.05) is 50.6 Å². The number of hydrogen-bond donors (Lipinski definition) is 1. The zero-order valence-electron chi connectivity index (χ0n) is 12.2. The standard InChI is InChI=1S/C14H23Br2N2O.ClH/c1-11(2)10-18(3,4)8-9-19-13-12(15)6-5-7-14(13,16)17;/h5-7,13H,1,8-10,17H2,2-4H3;1H/q+1;/p-1. The zero-order chi connectivity index (χ0) is 14.7. The van der Waals surface area contributed by atoms with Gasteiger partial charge in [-0.15, -0.1) is 0 Å². The quantitative estimate of drug-likeness (QED) is 0.277. The molecule has 6 heteroatoms. The molecular formula is C14H23Br2ClN2O. The van der Waals surface area contributed by atoms with Crippen LogP contribution in [0.4, 0.5) is 0 Å². The monoisotopic (exact) mass is 428 g/mol. The van der Waals surface area contributed by atoms with E-state index in [9.17, 15) is 0 Å². The van der Waals surface area contributed by atoms with Crippen LogP contribution < -0.4 is 18.1 Å². The first-order valence-corrected chi connectivity index (χ1v) is 7.83. The molecule has 2 N–H and O–H groups in total. The van der Waals surface area contributed by atoms with Gasteiger partial charge in [-0.2, -0.15) is 0 Å². The Bertz CT molecular complexity index is 406. The summed E-state index contributed by atoms with van der Waals surface area (Å²) >= 11 is 7.00. The third-order valence-corrected chi connectivity index (χ3v) is 4.30. The topological polar surface area (TPSA) is 35.2 Å². The minimum atomic E-state index is -0.647. The Balaban J connectivity index is 0.00000361. The number of nitrogens with zero attached hydrogens (tertiary/aromatic N) is 1. The molecule has 0 fully saturated rings. The number of rotatable bonds is 6. The van der Waals surface area contributed by atoms with E-state index in [2.05, 4.69) is 59.5 Å². The van der Waals surface area contributed by atoms with E-state index in [1.54, 1.807) is 0 Å². The van der Waals surface area contributed by atoms with Gasteiger partial charge in [0.2, 0.25) is 0 Å². The molecule has 1 aliphatic rings. The number of nitrogens with two attached hydrogens (primary N) is 1. The molecule has 0 saturated carbocycles. The van der Waals surface area contributed by atoms with E-state index in [0.29, 0.717) is 6.61 Å². The molecule has 2 unspecified atom stereocenters. The van der Waals surface area contributed by atoms with Gasteiger partial charge >= 0.3 is 0 Å². The van der Waals surface area contributed by atoms with E-state index in [4.69, 9.17) is 10.5 Å². The Labute approximate surface area is 145 Å². The average Bonchev–Trinajstić information content (AvgIpc) is 2.19. The molecule has 1 aliphatic carbocycles. The highest BCUT2D eigenvalue weighted by atomic mass is 79.9. The second-order valence-corrected chi connectivity index (χ2v) is 8.05. The summed E-state index contributed by atoms with van der Waals surface area (Å²) in [5.41, 5.74) is 7.34. The number of likely N-dealkylation sites (N-methyl/N-ethyl adjacent to an activating group) is 1. The van der Waals surface area contributed by atoms with Crippen LogP contribution in [0.2, 0.25) is 0 Å². The number of ether oxygens (including phenoxy) is 1. The normalized spacial score (nSPS) is 25.9. The summed E-state index contributed by atoms with van der Waals surface area (Å²) in [6.07, 6.45) is 5.59. The molecule has 0 aromatic heterocycles. The van der Waals surface area contributed by atoms with Crippen LogP contribution in [0.5, 0.6) is 0 Å². The van der Waals surface area contributed by atoms with Gasteiger partial charge in [-0.25, -0.2) is 0 Å². The molecule has 20 heavy (non-hydrogen) atoms. The Morgan fingerprint density at radius 2 is 2.15 bits per heavy atom. The van der Waals surface area contributed by atoms with Crippen molar-refractivity contribution in [1.82, 2.24) is 0 Å². The molecule has 0 aliphatic heterocycles. The number of halogens is 3. The molecule has 0 bridgehead atoms. The highest BCUT2D eigenvalue weighted by molar-refractivity contribution is 9.12. The predicted octanol–water partition coefficient (Wildman–Crippen LogP) is -0.0734. The number of quaternary nitrogens is 1. The van der Waals surface area contributed by atoms with Crippen molar-refractivity contribution >= 4 is 31.9 Å². The van der Waals surface area contributed by atoms with E-state index in [0.717, 1.165) is 22.1 Å². The van der Waals surface area contributed by atoms with Gasteiger partial charge in [0.15, 0.2) is 0 Å². The van der Waals surface area contributed by atoms with Gasteiger partial charge in [0.1, 0.15) is 17.1 Å². The number of alkyl halides is 1. The largest absolute Gasteiger partial charge is 1.00 e. The number of allylic oxidation sites excluding steroid dienone is 2. The van der Waals surface area contributed by atoms with Crippen LogP contribution in [0.3, 0.4) is 0 Å². The van der Waals surface area contributed by atoms with Crippen molar-refractivity contribution in [3.8, 4) is 0 Å². The lowest BCUT2D eigenvalue weighted by Gasteiger charge is -2.34. The third-order valence-electron chi connectivity index (χ3n) is 2.94. The van der Waals surface area contributed by atoms with E-state index in [-0.39, 0.29) is 18.5 Å². The summed E-state index contributed by atoms with van der Waals surface area (Å²) in [5, 5.41) is 0. The first kappa shape index (κ1) is 20.3. The van der Waals surface area contributed by atoms with Crippen LogP contribution in [0.15, 0.2) is 34.9 Å². The van der Waals surface area contributed by atoms with E-state index >= 15 is 0 Å². The molecule has 0 radical (unpaired) electrons. The fraction of sp³-hybridized carbons (Fsp3) is 0.571. The van der Waals surface area contributed by atoms with Crippen molar-refractivity contribution in [2.24, 2.45) is 5.73 Å². The summed E-state index contributed by atoms with van der Waals surface area (Å²) < 4.78 is 7.12. The first-order valence-electron chi connectivity index (χ1n) is 6.25. The van der Waals surface area contributed by atoms with Crippen molar-refractivity contribution < 1.29 is 21.6 Å². The summed E-state index contributed by atoms with van der Waals surface area (Å²) in [7, 11) is 4.35. The second kappa shape index (κ2) is 8.11. The van der Waals surface area contributed by atoms with Crippen molar-refractivity contribution in [1.29, 1.82) is 0 Å². The van der Waals surface area contributed by atoms with Gasteiger partial charge in [-0.05, 0) is 18.6 Å². The molecule has 0 spiro atoms. The van der Waals surface area contributed by atoms with Gasteiger partial charge in [0.25, 0.3) is 0 Å². The zero-order valence-corrected chi connectivity index (χ0v) is 16.1. The summed E-state index contributed by atoms with van der Waals surface area (Å²) in [5.74, 6) is 0. The maximum atomic E-state index is 6.16. The SMILES string of the molecule is C=C(C)C[N+](C)(C)CCOC1C(Br)=CC=CC1(N)Br.[Cl-]. The smallest absolute Gasteiger partial charge is 0.122 e. The molecular weight excluding hydrogens is 407 g/mol. The molecule has 0 heterocycles. The van der Waals surface area contributed by atoms with Crippen LogP contribution in [0, 0.1) is 0 Å². The van der Waals surface area contributed by atoms with E-state index in [1.165, 1.54) is 5.57 Å². The Morgan fingerprint density at radius 1 is 1.55 bits per heavy atom. The molecule has 3 nitrogen and oxygen atoms in total. The molecule has 0 aromatic carbocycles. The van der Waals surface area contributed by atoms with Crippen molar-refractivity contribution in [3.63, 3.8) is 0 Å². The maximum Gasteiger partial charge on any atom is 0.122 e. The van der Waals surface area contributed by atoms with Crippen molar-refractivity contribution in [2.45, 2.75) is 17.5 Å². The van der Waals surface area contributed by atoms with Gasteiger partial charge in [0, 0.05) is 4.48 Å². The van der Waals surface area contributed by atoms with Crippen LogP contribution in [0.25, 0.3) is 0 Å². The highest BCUT2D eigenvalue weighted by Crippen LogP contribution is 2.32. The Kier molecular flexibility index (Phi) is 8.25. The summed E-state index contributed by atoms with van der Waals surface area (Å²) in [4.78, 5) is 0. The highest BCUT2D eigenvalue weighted by Gasteiger charge is 2.35. The lowest BCUT2D eigenvalue weighted by atomic mass is 10.1. The fourth-order valence-electron chi connectivity index (χ4n) is 2.11. The lowest BCUT2D eigenvalue weighted by molar-refractivity contribution is -0.886. The summed E-state index contributed by atoms with van der Waals surface area (Å²) in [6.45, 7) is 8.52. The van der Waals surface area contributed by atoms with E-state index in [1.807, 2.05) is 18.2 Å². The van der Waals surface area contributed by atoms with Crippen LogP contribution in [-0.2, 0) is 4.74 Å². The van der Waals surface area contributed by atoms with Gasteiger partial charge in [0.05, 0.1) is 27.2 Å². The van der Waals surface area contributed by atoms with Crippen LogP contribution >= 0.6 is 31.9 Å². The van der Waals surface area contributed by atoms with E-state index < -0.39 is 4.45 Å². The summed E-state index contributed by atoms with van der Waals surface area (Å²) in [6, 6.07) is 0. The van der Waals surface area contributed by atoms with Crippen LogP contribution in [0.1, 0.15) is 6.92 Å². The minimum Gasteiger partial charge on any atom is -1.00 e. The Hall–Kier alpha value is 0.350. The lowest BCUT2D eigenvalue weighted by Crippen LogP contribution is -3.00. The average molecular weight is 431 g/mol. The molecule has 116 valence electrons. The predicted molar refractivity (Wildman–Crippen MR) is 88.4 cm³/mol. The first-order chi connectivity index (χ1) is 8.64. The van der Waals surface area contributed by atoms with Gasteiger partial charge < -0.3 is 27.4 Å². The minimum absolute atomic E-state index is 0. The maximum absolute atomic E-state index is 6.16. The third kappa shape index (κ3) is 6.41. The molecule has 0 saturated heterocycles. The van der Waals surface area contributed by atoms with Crippen molar-refractivity contribution in [3.05, 3.63) is 34.9 Å². The number of hydrogen-bond acceptors (Lipinski definition) is 2. The molecule has 0 aromatic rings. The Morgan fingerprint density at radius 3 is 2.65 bits per heavy atom. The molecule has 0 amide bonds. The molecule has 2 atom stereocenters. The second-order valence-electron chi connectivity index (χ2n) is 5.76. The van der Waals surface area contributed by atoms with Crippen molar-refractivity contribution in [2.75, 3.05) is 33.8 Å².